The number of anilines is 1. The monoisotopic (exact) mass is 395 g/mol. The molecule has 0 saturated carbocycles. The molecule has 1 aromatic heterocycles. The Labute approximate surface area is 169 Å². The number of hydrogen-bond donors (Lipinski definition) is 2. The summed E-state index contributed by atoms with van der Waals surface area (Å²) in [7, 11) is 4.99. The van der Waals surface area contributed by atoms with Gasteiger partial charge in [0.1, 0.15) is 0 Å². The Morgan fingerprint density at radius 2 is 1.79 bits per heavy atom. The Balaban J connectivity index is 1.56. The minimum Gasteiger partial charge on any atom is -0.493 e. The summed E-state index contributed by atoms with van der Waals surface area (Å²) in [4.78, 5) is 17.4. The first kappa shape index (κ1) is 19.2. The Morgan fingerprint density at radius 3 is 2.48 bits per heavy atom. The van der Waals surface area contributed by atoms with E-state index in [1.54, 1.807) is 32.0 Å². The molecule has 0 atom stereocenters. The van der Waals surface area contributed by atoms with Gasteiger partial charge in [0.15, 0.2) is 17.3 Å². The molecule has 2 heterocycles. The van der Waals surface area contributed by atoms with Crippen LogP contribution in [0.25, 0.3) is 10.8 Å². The third-order valence-electron chi connectivity index (χ3n) is 5.31. The summed E-state index contributed by atoms with van der Waals surface area (Å²) >= 11 is 0. The number of aryl methyl sites for hydroxylation is 1. The second-order valence-electron chi connectivity index (χ2n) is 7.16. The maximum Gasteiger partial charge on any atom is 0.258 e. The van der Waals surface area contributed by atoms with Crippen molar-refractivity contribution >= 4 is 22.6 Å². The molecule has 4 rings (SSSR count). The van der Waals surface area contributed by atoms with Crippen LogP contribution in [0, 0.1) is 0 Å². The van der Waals surface area contributed by atoms with Gasteiger partial charge in [0, 0.05) is 18.5 Å². The van der Waals surface area contributed by atoms with Crippen LogP contribution in [-0.2, 0) is 7.05 Å². The molecule has 0 unspecified atom stereocenters. The predicted octanol–water partition coefficient (Wildman–Crippen LogP) is 2.70. The number of fused-ring (bicyclic) bond motifs is 1. The predicted molar refractivity (Wildman–Crippen MR) is 111 cm³/mol. The molecule has 1 saturated heterocycles. The SMILES string of the molecule is COc1cc2ccc(C(=O)Nc3nc(C4CCNCC4)nn3C)cc2cc1OC. The zero-order valence-corrected chi connectivity index (χ0v) is 16.9. The first-order valence-corrected chi connectivity index (χ1v) is 9.68. The molecule has 2 aromatic carbocycles. The molecule has 0 bridgehead atoms. The average Bonchev–Trinajstić information content (AvgIpc) is 3.13. The number of aromatic nitrogens is 3. The van der Waals surface area contributed by atoms with Crippen molar-refractivity contribution in [3.05, 3.63) is 41.7 Å². The molecule has 1 aliphatic heterocycles. The number of rotatable bonds is 5. The zero-order chi connectivity index (χ0) is 20.4. The molecule has 8 nitrogen and oxygen atoms in total. The molecule has 8 heteroatoms. The molecule has 0 aliphatic carbocycles. The van der Waals surface area contributed by atoms with Gasteiger partial charge in [-0.1, -0.05) is 6.07 Å². The molecule has 29 heavy (non-hydrogen) atoms. The molecule has 1 aliphatic rings. The number of methoxy groups -OCH3 is 2. The van der Waals surface area contributed by atoms with Crippen molar-refractivity contribution < 1.29 is 14.3 Å². The van der Waals surface area contributed by atoms with Gasteiger partial charge in [-0.05, 0) is 61.0 Å². The fourth-order valence-corrected chi connectivity index (χ4v) is 3.66. The number of nitrogens with zero attached hydrogens (tertiary/aromatic N) is 3. The number of hydrogen-bond acceptors (Lipinski definition) is 6. The van der Waals surface area contributed by atoms with Gasteiger partial charge in [0.25, 0.3) is 5.91 Å². The van der Waals surface area contributed by atoms with Crippen molar-refractivity contribution in [2.45, 2.75) is 18.8 Å². The Morgan fingerprint density at radius 1 is 1.10 bits per heavy atom. The highest BCUT2D eigenvalue weighted by Gasteiger charge is 2.21. The smallest absolute Gasteiger partial charge is 0.258 e. The van der Waals surface area contributed by atoms with Crippen LogP contribution >= 0.6 is 0 Å². The van der Waals surface area contributed by atoms with Gasteiger partial charge in [-0.3, -0.25) is 10.1 Å². The van der Waals surface area contributed by atoms with Gasteiger partial charge < -0.3 is 14.8 Å². The lowest BCUT2D eigenvalue weighted by molar-refractivity contribution is 0.102. The van der Waals surface area contributed by atoms with E-state index in [0.717, 1.165) is 42.5 Å². The molecular formula is C21H25N5O3. The van der Waals surface area contributed by atoms with E-state index in [-0.39, 0.29) is 5.91 Å². The minimum absolute atomic E-state index is 0.228. The fraction of sp³-hybridized carbons (Fsp3) is 0.381. The molecular weight excluding hydrogens is 370 g/mol. The van der Waals surface area contributed by atoms with Crippen LogP contribution in [0.2, 0.25) is 0 Å². The van der Waals surface area contributed by atoms with Crippen LogP contribution in [0.15, 0.2) is 30.3 Å². The third-order valence-corrected chi connectivity index (χ3v) is 5.31. The summed E-state index contributed by atoms with van der Waals surface area (Å²) in [5, 5.41) is 12.6. The first-order valence-electron chi connectivity index (χ1n) is 9.68. The van der Waals surface area contributed by atoms with Crippen LogP contribution < -0.4 is 20.1 Å². The highest BCUT2D eigenvalue weighted by Crippen LogP contribution is 2.32. The van der Waals surface area contributed by atoms with Crippen molar-refractivity contribution in [1.82, 2.24) is 20.1 Å². The Hall–Kier alpha value is -3.13. The van der Waals surface area contributed by atoms with Gasteiger partial charge in [-0.2, -0.15) is 10.1 Å². The topological polar surface area (TPSA) is 90.3 Å². The third kappa shape index (κ3) is 3.88. The minimum atomic E-state index is -0.228. The molecule has 1 amide bonds. The van der Waals surface area contributed by atoms with Crippen molar-refractivity contribution in [3.8, 4) is 11.5 Å². The van der Waals surface area contributed by atoms with Crippen molar-refractivity contribution in [2.75, 3.05) is 32.6 Å². The average molecular weight is 395 g/mol. The van der Waals surface area contributed by atoms with Gasteiger partial charge in [0.05, 0.1) is 14.2 Å². The maximum absolute atomic E-state index is 12.8. The first-order chi connectivity index (χ1) is 14.1. The van der Waals surface area contributed by atoms with Gasteiger partial charge in [0.2, 0.25) is 5.95 Å². The summed E-state index contributed by atoms with van der Waals surface area (Å²) in [5.41, 5.74) is 0.538. The van der Waals surface area contributed by atoms with Gasteiger partial charge in [-0.15, -0.1) is 0 Å². The maximum atomic E-state index is 12.8. The van der Waals surface area contributed by atoms with Crippen LogP contribution in [0.1, 0.15) is 34.9 Å². The van der Waals surface area contributed by atoms with Gasteiger partial charge >= 0.3 is 0 Å². The molecule has 0 spiro atoms. The quantitative estimate of drug-likeness (QED) is 0.690. The summed E-state index contributed by atoms with van der Waals surface area (Å²) in [6.45, 7) is 1.94. The van der Waals surface area contributed by atoms with Crippen LogP contribution in [0.3, 0.4) is 0 Å². The molecule has 0 radical (unpaired) electrons. The summed E-state index contributed by atoms with van der Waals surface area (Å²) in [6.07, 6.45) is 2.01. The number of ether oxygens (including phenoxy) is 2. The van der Waals surface area contributed by atoms with E-state index < -0.39 is 0 Å². The lowest BCUT2D eigenvalue weighted by atomic mass is 9.98. The largest absolute Gasteiger partial charge is 0.493 e. The van der Waals surface area contributed by atoms with Crippen LogP contribution in [-0.4, -0.2) is 48.0 Å². The van der Waals surface area contributed by atoms with Crippen molar-refractivity contribution in [3.63, 3.8) is 0 Å². The van der Waals surface area contributed by atoms with E-state index in [4.69, 9.17) is 9.47 Å². The second-order valence-corrected chi connectivity index (χ2v) is 7.16. The Kier molecular flexibility index (Phi) is 5.35. The lowest BCUT2D eigenvalue weighted by Crippen LogP contribution is -2.27. The fourth-order valence-electron chi connectivity index (χ4n) is 3.66. The Bertz CT molecular complexity index is 1040. The van der Waals surface area contributed by atoms with Crippen LogP contribution in [0.5, 0.6) is 11.5 Å². The number of carbonyl (C=O) groups excluding carboxylic acids is 1. The number of carbonyl (C=O) groups is 1. The zero-order valence-electron chi connectivity index (χ0n) is 16.9. The van der Waals surface area contributed by atoms with E-state index in [2.05, 4.69) is 20.7 Å². The summed E-state index contributed by atoms with van der Waals surface area (Å²) < 4.78 is 12.3. The van der Waals surface area contributed by atoms with E-state index in [1.807, 2.05) is 24.3 Å². The lowest BCUT2D eigenvalue weighted by Gasteiger charge is -2.19. The van der Waals surface area contributed by atoms with Gasteiger partial charge in [-0.25, -0.2) is 4.68 Å². The summed E-state index contributed by atoms with van der Waals surface area (Å²) in [5.74, 6) is 2.63. The molecule has 3 aromatic rings. The van der Waals surface area contributed by atoms with E-state index in [9.17, 15) is 4.79 Å². The van der Waals surface area contributed by atoms with E-state index >= 15 is 0 Å². The molecule has 152 valence electrons. The highest BCUT2D eigenvalue weighted by molar-refractivity contribution is 6.06. The van der Waals surface area contributed by atoms with Crippen LogP contribution in [0.4, 0.5) is 5.95 Å². The number of benzene rings is 2. The standard InChI is InChI=1S/C21H25N5O3/c1-26-21(23-19(25-26)13-6-8-22-9-7-13)24-20(27)15-5-4-14-11-17(28-2)18(29-3)12-16(14)10-15/h4-5,10-13,22H,6-9H2,1-3H3,(H,23,24,25,27). The van der Waals surface area contributed by atoms with E-state index in [1.165, 1.54) is 0 Å². The second kappa shape index (κ2) is 8.08. The summed E-state index contributed by atoms with van der Waals surface area (Å²) in [6, 6.07) is 9.26. The van der Waals surface area contributed by atoms with Crippen molar-refractivity contribution in [1.29, 1.82) is 0 Å². The molecule has 2 N–H and O–H groups in total. The number of nitrogens with one attached hydrogen (secondary N) is 2. The normalized spacial score (nSPS) is 14.7. The highest BCUT2D eigenvalue weighted by atomic mass is 16.5. The van der Waals surface area contributed by atoms with Crippen molar-refractivity contribution in [2.24, 2.45) is 7.05 Å². The molecule has 1 fully saturated rings. The van der Waals surface area contributed by atoms with E-state index in [0.29, 0.717) is 28.9 Å². The number of amides is 1. The number of piperidine rings is 1.